The summed E-state index contributed by atoms with van der Waals surface area (Å²) in [6.07, 6.45) is 0. The van der Waals surface area contributed by atoms with E-state index in [1.807, 2.05) is 24.3 Å². The van der Waals surface area contributed by atoms with Gasteiger partial charge >= 0.3 is 0 Å². The molecule has 0 radical (unpaired) electrons. The molecule has 0 spiro atoms. The predicted molar refractivity (Wildman–Crippen MR) is 89.0 cm³/mol. The minimum absolute atomic E-state index is 0.0465. The summed E-state index contributed by atoms with van der Waals surface area (Å²) >= 11 is 0. The predicted octanol–water partition coefficient (Wildman–Crippen LogP) is 2.80. The van der Waals surface area contributed by atoms with Crippen LogP contribution in [0.5, 0.6) is 0 Å². The molecule has 1 aliphatic heterocycles. The molecule has 1 saturated heterocycles. The largest absolute Gasteiger partial charge is 0.304 e. The van der Waals surface area contributed by atoms with Crippen molar-refractivity contribution >= 4 is 5.78 Å². The molecule has 0 unspecified atom stereocenters. The Labute approximate surface area is 136 Å². The first-order chi connectivity index (χ1) is 11.1. The van der Waals surface area contributed by atoms with Gasteiger partial charge in [-0.25, -0.2) is 4.39 Å². The van der Waals surface area contributed by atoms with Crippen LogP contribution in [0, 0.1) is 5.82 Å². The Morgan fingerprint density at radius 1 is 1.00 bits per heavy atom. The van der Waals surface area contributed by atoms with Crippen molar-refractivity contribution in [3.63, 3.8) is 0 Å². The molecule has 0 atom stereocenters. The smallest absolute Gasteiger partial charge is 0.193 e. The Kier molecular flexibility index (Phi) is 4.84. The van der Waals surface area contributed by atoms with Gasteiger partial charge in [-0.2, -0.15) is 0 Å². The van der Waals surface area contributed by atoms with Crippen molar-refractivity contribution in [3.05, 3.63) is 71.0 Å². The van der Waals surface area contributed by atoms with Crippen LogP contribution in [0.3, 0.4) is 0 Å². The van der Waals surface area contributed by atoms with Gasteiger partial charge in [-0.05, 0) is 36.9 Å². The molecule has 0 bridgehead atoms. The number of nitrogens with zero attached hydrogens (tertiary/aromatic N) is 2. The highest BCUT2D eigenvalue weighted by Gasteiger charge is 2.18. The Morgan fingerprint density at radius 3 is 2.35 bits per heavy atom. The van der Waals surface area contributed by atoms with E-state index in [9.17, 15) is 9.18 Å². The van der Waals surface area contributed by atoms with Crippen LogP contribution >= 0.6 is 0 Å². The molecule has 3 nitrogen and oxygen atoms in total. The first kappa shape index (κ1) is 15.8. The number of rotatable bonds is 4. The number of likely N-dealkylation sites (N-methyl/N-ethyl adjacent to an activating group) is 1. The third-order valence-corrected chi connectivity index (χ3v) is 4.36. The lowest BCUT2D eigenvalue weighted by atomic mass is 9.98. The Morgan fingerprint density at radius 2 is 1.65 bits per heavy atom. The number of carbonyl (C=O) groups is 1. The van der Waals surface area contributed by atoms with E-state index in [4.69, 9.17) is 0 Å². The number of benzene rings is 2. The van der Waals surface area contributed by atoms with Gasteiger partial charge in [-0.3, -0.25) is 9.69 Å². The SMILES string of the molecule is CN1CCN(Cc2ccccc2C(=O)c2ccc(F)cc2)CC1. The van der Waals surface area contributed by atoms with Gasteiger partial charge < -0.3 is 4.90 Å². The van der Waals surface area contributed by atoms with Gasteiger partial charge in [0.1, 0.15) is 5.82 Å². The van der Waals surface area contributed by atoms with E-state index in [1.54, 1.807) is 12.1 Å². The molecule has 2 aromatic carbocycles. The Bertz CT molecular complexity index is 676. The third kappa shape index (κ3) is 3.84. The van der Waals surface area contributed by atoms with Crippen LogP contribution in [0.15, 0.2) is 48.5 Å². The van der Waals surface area contributed by atoms with Gasteiger partial charge in [-0.15, -0.1) is 0 Å². The molecule has 1 heterocycles. The zero-order valence-electron chi connectivity index (χ0n) is 13.3. The van der Waals surface area contributed by atoms with Crippen molar-refractivity contribution in [3.8, 4) is 0 Å². The van der Waals surface area contributed by atoms with E-state index in [1.165, 1.54) is 12.1 Å². The molecule has 0 amide bonds. The van der Waals surface area contributed by atoms with Crippen LogP contribution in [-0.2, 0) is 6.54 Å². The molecule has 23 heavy (non-hydrogen) atoms. The molecule has 1 aliphatic rings. The van der Waals surface area contributed by atoms with E-state index in [-0.39, 0.29) is 11.6 Å². The standard InChI is InChI=1S/C19H21FN2O/c1-21-10-12-22(13-11-21)14-16-4-2-3-5-18(16)19(23)15-6-8-17(20)9-7-15/h2-9H,10-14H2,1H3. The number of ketones is 1. The van der Waals surface area contributed by atoms with Crippen LogP contribution in [0.25, 0.3) is 0 Å². The lowest BCUT2D eigenvalue weighted by Crippen LogP contribution is -2.44. The van der Waals surface area contributed by atoms with Crippen molar-refractivity contribution in [2.45, 2.75) is 6.54 Å². The van der Waals surface area contributed by atoms with Crippen molar-refractivity contribution in [1.82, 2.24) is 9.80 Å². The fraction of sp³-hybridized carbons (Fsp3) is 0.316. The summed E-state index contributed by atoms with van der Waals surface area (Å²) in [5.74, 6) is -0.373. The first-order valence-electron chi connectivity index (χ1n) is 7.92. The molecular formula is C19H21FN2O. The zero-order valence-corrected chi connectivity index (χ0v) is 13.3. The summed E-state index contributed by atoms with van der Waals surface area (Å²) in [6, 6.07) is 13.5. The number of hydrogen-bond donors (Lipinski definition) is 0. The molecule has 4 heteroatoms. The fourth-order valence-corrected chi connectivity index (χ4v) is 2.88. The van der Waals surface area contributed by atoms with E-state index in [2.05, 4.69) is 16.8 Å². The van der Waals surface area contributed by atoms with Crippen molar-refractivity contribution in [2.24, 2.45) is 0 Å². The minimum atomic E-state index is -0.327. The first-order valence-corrected chi connectivity index (χ1v) is 7.92. The molecule has 120 valence electrons. The average molecular weight is 312 g/mol. The highest BCUT2D eigenvalue weighted by atomic mass is 19.1. The molecule has 2 aromatic rings. The van der Waals surface area contributed by atoms with Crippen molar-refractivity contribution in [2.75, 3.05) is 33.2 Å². The summed E-state index contributed by atoms with van der Waals surface area (Å²) in [5.41, 5.74) is 2.27. The van der Waals surface area contributed by atoms with Gasteiger partial charge in [0, 0.05) is 43.9 Å². The quantitative estimate of drug-likeness (QED) is 0.811. The van der Waals surface area contributed by atoms with Crippen LogP contribution in [0.2, 0.25) is 0 Å². The lowest BCUT2D eigenvalue weighted by Gasteiger charge is -2.32. The number of carbonyl (C=O) groups excluding carboxylic acids is 1. The maximum absolute atomic E-state index is 13.1. The van der Waals surface area contributed by atoms with Gasteiger partial charge in [0.25, 0.3) is 0 Å². The second-order valence-corrected chi connectivity index (χ2v) is 6.07. The number of halogens is 1. The summed E-state index contributed by atoms with van der Waals surface area (Å²) in [7, 11) is 2.13. The summed E-state index contributed by atoms with van der Waals surface area (Å²) in [4.78, 5) is 17.4. The molecule has 0 N–H and O–H groups in total. The lowest BCUT2D eigenvalue weighted by molar-refractivity contribution is 0.103. The van der Waals surface area contributed by atoms with Gasteiger partial charge in [-0.1, -0.05) is 24.3 Å². The molecule has 1 fully saturated rings. The number of hydrogen-bond acceptors (Lipinski definition) is 3. The highest BCUT2D eigenvalue weighted by molar-refractivity contribution is 6.09. The normalized spacial score (nSPS) is 16.4. The molecule has 0 aliphatic carbocycles. The summed E-state index contributed by atoms with van der Waals surface area (Å²) in [5, 5.41) is 0. The fourth-order valence-electron chi connectivity index (χ4n) is 2.88. The molecular weight excluding hydrogens is 291 g/mol. The maximum atomic E-state index is 13.1. The van der Waals surface area contributed by atoms with E-state index >= 15 is 0 Å². The summed E-state index contributed by atoms with van der Waals surface area (Å²) in [6.45, 7) is 4.89. The number of piperazine rings is 1. The highest BCUT2D eigenvalue weighted by Crippen LogP contribution is 2.17. The van der Waals surface area contributed by atoms with Crippen LogP contribution in [-0.4, -0.2) is 48.8 Å². The molecule has 3 rings (SSSR count). The van der Waals surface area contributed by atoms with Crippen LogP contribution < -0.4 is 0 Å². The topological polar surface area (TPSA) is 23.6 Å². The summed E-state index contributed by atoms with van der Waals surface area (Å²) < 4.78 is 13.1. The van der Waals surface area contributed by atoms with Gasteiger partial charge in [0.2, 0.25) is 0 Å². The average Bonchev–Trinajstić information content (AvgIpc) is 2.57. The van der Waals surface area contributed by atoms with Crippen molar-refractivity contribution < 1.29 is 9.18 Å². The van der Waals surface area contributed by atoms with Crippen molar-refractivity contribution in [1.29, 1.82) is 0 Å². The second-order valence-electron chi connectivity index (χ2n) is 6.07. The van der Waals surface area contributed by atoms with Gasteiger partial charge in [0.05, 0.1) is 0 Å². The van der Waals surface area contributed by atoms with Gasteiger partial charge in [0.15, 0.2) is 5.78 Å². The minimum Gasteiger partial charge on any atom is -0.304 e. The van der Waals surface area contributed by atoms with Crippen LogP contribution in [0.4, 0.5) is 4.39 Å². The second kappa shape index (κ2) is 7.02. The zero-order chi connectivity index (χ0) is 16.2. The Hall–Kier alpha value is -2.04. The van der Waals surface area contributed by atoms with E-state index < -0.39 is 0 Å². The Balaban J connectivity index is 1.80. The third-order valence-electron chi connectivity index (χ3n) is 4.36. The molecule has 0 aromatic heterocycles. The monoisotopic (exact) mass is 312 g/mol. The maximum Gasteiger partial charge on any atom is 0.193 e. The molecule has 0 saturated carbocycles. The van der Waals surface area contributed by atoms with Crippen LogP contribution in [0.1, 0.15) is 21.5 Å². The van der Waals surface area contributed by atoms with E-state index in [0.717, 1.165) is 38.3 Å². The van der Waals surface area contributed by atoms with E-state index in [0.29, 0.717) is 11.1 Å².